The number of thiazole rings is 1. The van der Waals surface area contributed by atoms with Crippen molar-refractivity contribution in [3.8, 4) is 0 Å². The van der Waals surface area contributed by atoms with E-state index in [1.807, 2.05) is 24.3 Å². The van der Waals surface area contributed by atoms with Crippen LogP contribution in [0.25, 0.3) is 10.2 Å². The number of benzene rings is 1. The van der Waals surface area contributed by atoms with Crippen molar-refractivity contribution in [2.45, 2.75) is 6.54 Å². The van der Waals surface area contributed by atoms with Crippen LogP contribution in [-0.2, 0) is 6.54 Å². The summed E-state index contributed by atoms with van der Waals surface area (Å²) >= 11 is 6.88. The van der Waals surface area contributed by atoms with E-state index in [1.54, 1.807) is 4.57 Å². The molecule has 0 spiro atoms. The van der Waals surface area contributed by atoms with Crippen molar-refractivity contribution in [3.05, 3.63) is 33.9 Å². The Kier molecular flexibility index (Phi) is 2.38. The molecule has 0 N–H and O–H groups in total. The van der Waals surface area contributed by atoms with Crippen LogP contribution in [0.3, 0.4) is 0 Å². The number of fused-ring (bicyclic) bond motifs is 1. The lowest BCUT2D eigenvalue weighted by Gasteiger charge is -1.98. The van der Waals surface area contributed by atoms with Crippen molar-refractivity contribution in [1.29, 1.82) is 0 Å². The molecule has 0 aliphatic carbocycles. The fraction of sp³-hybridized carbons (Fsp3) is 0.222. The summed E-state index contributed by atoms with van der Waals surface area (Å²) in [5.41, 5.74) is 0.984. The summed E-state index contributed by atoms with van der Waals surface area (Å²) in [5, 5.41) is 0. The summed E-state index contributed by atoms with van der Waals surface area (Å²) in [6.45, 7) is 0.588. The highest BCUT2D eigenvalue weighted by Crippen LogP contribution is 2.15. The molecule has 0 radical (unpaired) electrons. The molecule has 2 aromatic rings. The Bertz CT molecular complexity index is 474. The Morgan fingerprint density at radius 1 is 1.38 bits per heavy atom. The fourth-order valence-electron chi connectivity index (χ4n) is 1.31. The van der Waals surface area contributed by atoms with Gasteiger partial charge in [-0.15, -0.1) is 11.6 Å². The second kappa shape index (κ2) is 3.52. The molecule has 0 atom stereocenters. The second-order valence-corrected chi connectivity index (χ2v) is 4.05. The van der Waals surface area contributed by atoms with E-state index >= 15 is 0 Å². The van der Waals surface area contributed by atoms with E-state index in [1.165, 1.54) is 11.3 Å². The first-order valence-corrected chi connectivity index (χ1v) is 5.32. The summed E-state index contributed by atoms with van der Waals surface area (Å²) in [7, 11) is 0. The maximum atomic E-state index is 11.5. The highest BCUT2D eigenvalue weighted by molar-refractivity contribution is 7.16. The predicted octanol–water partition coefficient (Wildman–Crippen LogP) is 2.30. The Morgan fingerprint density at radius 3 is 2.92 bits per heavy atom. The number of hydrogen-bond donors (Lipinski definition) is 0. The summed E-state index contributed by atoms with van der Waals surface area (Å²) in [6, 6.07) is 7.76. The Labute approximate surface area is 84.4 Å². The molecule has 2 rings (SSSR count). The van der Waals surface area contributed by atoms with Crippen LogP contribution < -0.4 is 4.87 Å². The quantitative estimate of drug-likeness (QED) is 0.702. The normalized spacial score (nSPS) is 10.8. The third-order valence-corrected chi connectivity index (χ3v) is 3.01. The molecule has 1 heterocycles. The minimum atomic E-state index is 0.0712. The number of aryl methyl sites for hydroxylation is 1. The minimum Gasteiger partial charge on any atom is -0.297 e. The van der Waals surface area contributed by atoms with Gasteiger partial charge in [-0.25, -0.2) is 0 Å². The molecule has 1 aromatic heterocycles. The van der Waals surface area contributed by atoms with Gasteiger partial charge in [0.15, 0.2) is 0 Å². The lowest BCUT2D eigenvalue weighted by atomic mass is 10.3. The van der Waals surface area contributed by atoms with Crippen LogP contribution in [0.4, 0.5) is 0 Å². The standard InChI is InChI=1S/C9H8ClNOS/c10-5-6-11-7-3-1-2-4-8(7)13-9(11)12/h1-4H,5-6H2. The average molecular weight is 214 g/mol. The van der Waals surface area contributed by atoms with E-state index in [2.05, 4.69) is 0 Å². The predicted molar refractivity (Wildman–Crippen MR) is 56.8 cm³/mol. The molecule has 0 fully saturated rings. The van der Waals surface area contributed by atoms with Gasteiger partial charge in [0, 0.05) is 12.4 Å². The molecule has 0 bridgehead atoms. The Morgan fingerprint density at radius 2 is 2.15 bits per heavy atom. The van der Waals surface area contributed by atoms with E-state index in [0.29, 0.717) is 12.4 Å². The smallest absolute Gasteiger partial charge is 0.297 e. The average Bonchev–Trinajstić information content (AvgIpc) is 2.44. The number of para-hydroxylation sites is 1. The first-order valence-electron chi connectivity index (χ1n) is 3.97. The molecule has 1 aromatic carbocycles. The van der Waals surface area contributed by atoms with Crippen LogP contribution >= 0.6 is 22.9 Å². The molecule has 0 saturated carbocycles. The van der Waals surface area contributed by atoms with Crippen molar-refractivity contribution >= 4 is 33.2 Å². The molecule has 4 heteroatoms. The molecule has 0 saturated heterocycles. The van der Waals surface area contributed by atoms with Gasteiger partial charge in [-0.2, -0.15) is 0 Å². The van der Waals surface area contributed by atoms with Crippen molar-refractivity contribution in [1.82, 2.24) is 4.57 Å². The zero-order valence-corrected chi connectivity index (χ0v) is 8.44. The highest BCUT2D eigenvalue weighted by Gasteiger charge is 2.04. The van der Waals surface area contributed by atoms with Crippen LogP contribution in [0.2, 0.25) is 0 Å². The summed E-state index contributed by atoms with van der Waals surface area (Å²) in [5.74, 6) is 0.473. The van der Waals surface area contributed by atoms with E-state index in [-0.39, 0.29) is 4.87 Å². The van der Waals surface area contributed by atoms with E-state index < -0.39 is 0 Å². The molecule has 2 nitrogen and oxygen atoms in total. The first-order chi connectivity index (χ1) is 6.33. The van der Waals surface area contributed by atoms with Crippen LogP contribution in [0, 0.1) is 0 Å². The third kappa shape index (κ3) is 1.49. The van der Waals surface area contributed by atoms with Crippen LogP contribution in [0.15, 0.2) is 29.1 Å². The van der Waals surface area contributed by atoms with Crippen LogP contribution in [-0.4, -0.2) is 10.4 Å². The number of hydrogen-bond acceptors (Lipinski definition) is 2. The topological polar surface area (TPSA) is 22.0 Å². The maximum Gasteiger partial charge on any atom is 0.308 e. The molecular formula is C9H8ClNOS. The van der Waals surface area contributed by atoms with Crippen molar-refractivity contribution in [2.24, 2.45) is 0 Å². The molecular weight excluding hydrogens is 206 g/mol. The Hall–Kier alpha value is -0.800. The maximum absolute atomic E-state index is 11.5. The van der Waals surface area contributed by atoms with Gasteiger partial charge in [0.05, 0.1) is 10.2 Å². The van der Waals surface area contributed by atoms with E-state index in [0.717, 1.165) is 10.2 Å². The lowest BCUT2D eigenvalue weighted by molar-refractivity contribution is 0.784. The number of alkyl halides is 1. The van der Waals surface area contributed by atoms with E-state index in [4.69, 9.17) is 11.6 Å². The number of halogens is 1. The number of nitrogens with zero attached hydrogens (tertiary/aromatic N) is 1. The lowest BCUT2D eigenvalue weighted by Crippen LogP contribution is -2.13. The zero-order valence-electron chi connectivity index (χ0n) is 6.87. The molecule has 68 valence electrons. The van der Waals surface area contributed by atoms with E-state index in [9.17, 15) is 4.79 Å². The number of rotatable bonds is 2. The molecule has 13 heavy (non-hydrogen) atoms. The van der Waals surface area contributed by atoms with Crippen molar-refractivity contribution in [3.63, 3.8) is 0 Å². The van der Waals surface area contributed by atoms with Gasteiger partial charge in [0.2, 0.25) is 0 Å². The summed E-state index contributed by atoms with van der Waals surface area (Å²) in [4.78, 5) is 11.5. The fourth-order valence-corrected chi connectivity index (χ4v) is 2.40. The highest BCUT2D eigenvalue weighted by atomic mass is 35.5. The van der Waals surface area contributed by atoms with Crippen LogP contribution in [0.1, 0.15) is 0 Å². The second-order valence-electron chi connectivity index (χ2n) is 2.68. The minimum absolute atomic E-state index is 0.0712. The van der Waals surface area contributed by atoms with Gasteiger partial charge in [0.25, 0.3) is 0 Å². The zero-order chi connectivity index (χ0) is 9.26. The summed E-state index contributed by atoms with van der Waals surface area (Å²) < 4.78 is 2.74. The van der Waals surface area contributed by atoms with Gasteiger partial charge >= 0.3 is 4.87 Å². The molecule has 0 aliphatic heterocycles. The summed E-state index contributed by atoms with van der Waals surface area (Å²) in [6.07, 6.45) is 0. The van der Waals surface area contributed by atoms with Gasteiger partial charge in [0.1, 0.15) is 0 Å². The largest absolute Gasteiger partial charge is 0.308 e. The van der Waals surface area contributed by atoms with Gasteiger partial charge in [-0.3, -0.25) is 9.36 Å². The van der Waals surface area contributed by atoms with Gasteiger partial charge in [-0.05, 0) is 12.1 Å². The molecule has 0 amide bonds. The SMILES string of the molecule is O=c1sc2ccccc2n1CCCl. The monoisotopic (exact) mass is 213 g/mol. The number of aromatic nitrogens is 1. The first kappa shape index (κ1) is 8.78. The van der Waals surface area contributed by atoms with Crippen LogP contribution in [0.5, 0.6) is 0 Å². The van der Waals surface area contributed by atoms with Gasteiger partial charge < -0.3 is 0 Å². The Balaban J connectivity index is 2.71. The van der Waals surface area contributed by atoms with Crippen molar-refractivity contribution < 1.29 is 0 Å². The third-order valence-electron chi connectivity index (χ3n) is 1.88. The van der Waals surface area contributed by atoms with Crippen molar-refractivity contribution in [2.75, 3.05) is 5.88 Å². The molecule has 0 aliphatic rings. The van der Waals surface area contributed by atoms with Gasteiger partial charge in [-0.1, -0.05) is 23.5 Å². The molecule has 0 unspecified atom stereocenters.